The van der Waals surface area contributed by atoms with Crippen LogP contribution in [-0.2, 0) is 16.0 Å². The van der Waals surface area contributed by atoms with E-state index in [1.54, 1.807) is 20.0 Å². The van der Waals surface area contributed by atoms with Crippen LogP contribution in [0, 0.1) is 0 Å². The van der Waals surface area contributed by atoms with Crippen LogP contribution in [0.15, 0.2) is 24.3 Å². The van der Waals surface area contributed by atoms with Gasteiger partial charge in [-0.15, -0.1) is 0 Å². The van der Waals surface area contributed by atoms with Gasteiger partial charge < -0.3 is 15.7 Å². The number of carboxylic acids is 1. The summed E-state index contributed by atoms with van der Waals surface area (Å²) in [4.78, 5) is 22.4. The minimum absolute atomic E-state index is 0.104. The Hall–Kier alpha value is -2.04. The van der Waals surface area contributed by atoms with Crippen LogP contribution >= 0.6 is 0 Å². The standard InChI is InChI=1S/C13H18N2O3/c1-3-10(13(17)18)15-11-7-5-4-6-9(11)8-12(16)14-2/h4-7,10,15H,3,8H2,1-2H3,(H,14,16)(H,17,18). The van der Waals surface area contributed by atoms with Gasteiger partial charge in [-0.25, -0.2) is 4.79 Å². The summed E-state index contributed by atoms with van der Waals surface area (Å²) in [5.41, 5.74) is 1.48. The minimum Gasteiger partial charge on any atom is -0.480 e. The molecule has 1 atom stereocenters. The molecule has 5 heteroatoms. The molecule has 0 radical (unpaired) electrons. The van der Waals surface area contributed by atoms with Gasteiger partial charge in [0.15, 0.2) is 0 Å². The number of likely N-dealkylation sites (N-methyl/N-ethyl adjacent to an activating group) is 1. The van der Waals surface area contributed by atoms with Crippen molar-refractivity contribution < 1.29 is 14.7 Å². The Bertz CT molecular complexity index is 432. The highest BCUT2D eigenvalue weighted by atomic mass is 16.4. The first-order valence-electron chi connectivity index (χ1n) is 5.86. The summed E-state index contributed by atoms with van der Waals surface area (Å²) < 4.78 is 0. The lowest BCUT2D eigenvalue weighted by atomic mass is 10.1. The molecule has 1 amide bonds. The molecular weight excluding hydrogens is 232 g/mol. The van der Waals surface area contributed by atoms with E-state index in [0.29, 0.717) is 12.1 Å². The largest absolute Gasteiger partial charge is 0.480 e. The number of amides is 1. The van der Waals surface area contributed by atoms with E-state index < -0.39 is 12.0 Å². The van der Waals surface area contributed by atoms with E-state index in [1.165, 1.54) is 0 Å². The van der Waals surface area contributed by atoms with Crippen molar-refractivity contribution >= 4 is 17.6 Å². The summed E-state index contributed by atoms with van der Waals surface area (Å²) in [5, 5.41) is 14.5. The van der Waals surface area contributed by atoms with Gasteiger partial charge in [0.25, 0.3) is 0 Å². The first-order valence-corrected chi connectivity index (χ1v) is 5.86. The highest BCUT2D eigenvalue weighted by molar-refractivity contribution is 5.82. The molecule has 0 aromatic heterocycles. The average Bonchev–Trinajstić information content (AvgIpc) is 2.37. The number of nitrogens with one attached hydrogen (secondary N) is 2. The van der Waals surface area contributed by atoms with Crippen molar-refractivity contribution in [1.29, 1.82) is 0 Å². The Labute approximate surface area is 106 Å². The number of carboxylic acid groups (broad SMARTS) is 1. The second kappa shape index (κ2) is 6.64. The molecule has 1 rings (SSSR count). The maximum Gasteiger partial charge on any atom is 0.326 e. The number of para-hydroxylation sites is 1. The molecule has 0 bridgehead atoms. The fourth-order valence-corrected chi connectivity index (χ4v) is 1.60. The first-order chi connectivity index (χ1) is 8.58. The minimum atomic E-state index is -0.896. The van der Waals surface area contributed by atoms with Crippen molar-refractivity contribution in [3.05, 3.63) is 29.8 Å². The molecule has 98 valence electrons. The molecule has 0 aliphatic heterocycles. The number of carbonyl (C=O) groups is 2. The zero-order valence-corrected chi connectivity index (χ0v) is 10.6. The summed E-state index contributed by atoms with van der Waals surface area (Å²) in [6, 6.07) is 6.58. The molecule has 1 aromatic carbocycles. The fourth-order valence-electron chi connectivity index (χ4n) is 1.60. The number of benzene rings is 1. The summed E-state index contributed by atoms with van der Waals surface area (Å²) in [7, 11) is 1.57. The molecule has 1 aromatic rings. The van der Waals surface area contributed by atoms with Crippen molar-refractivity contribution in [3.63, 3.8) is 0 Å². The third kappa shape index (κ3) is 3.76. The van der Waals surface area contributed by atoms with Crippen LogP contribution in [0.4, 0.5) is 5.69 Å². The maximum absolute atomic E-state index is 11.4. The lowest BCUT2D eigenvalue weighted by Crippen LogP contribution is -2.29. The zero-order valence-electron chi connectivity index (χ0n) is 10.6. The molecule has 0 aliphatic rings. The van der Waals surface area contributed by atoms with Gasteiger partial charge in [-0.2, -0.15) is 0 Å². The van der Waals surface area contributed by atoms with Crippen LogP contribution in [0.3, 0.4) is 0 Å². The highest BCUT2D eigenvalue weighted by Crippen LogP contribution is 2.17. The Morgan fingerprint density at radius 2 is 2.00 bits per heavy atom. The van der Waals surface area contributed by atoms with Crippen LogP contribution in [-0.4, -0.2) is 30.1 Å². The van der Waals surface area contributed by atoms with Gasteiger partial charge in [-0.1, -0.05) is 25.1 Å². The predicted octanol–water partition coefficient (Wildman–Crippen LogP) is 1.25. The highest BCUT2D eigenvalue weighted by Gasteiger charge is 2.16. The molecule has 0 aliphatic carbocycles. The first kappa shape index (κ1) is 14.0. The molecule has 18 heavy (non-hydrogen) atoms. The van der Waals surface area contributed by atoms with Gasteiger partial charge in [0.05, 0.1) is 6.42 Å². The maximum atomic E-state index is 11.4. The molecule has 0 spiro atoms. The van der Waals surface area contributed by atoms with Crippen LogP contribution in [0.5, 0.6) is 0 Å². The van der Waals surface area contributed by atoms with Gasteiger partial charge in [-0.05, 0) is 18.1 Å². The summed E-state index contributed by atoms with van der Waals surface area (Å²) >= 11 is 0. The topological polar surface area (TPSA) is 78.4 Å². The van der Waals surface area contributed by atoms with E-state index in [2.05, 4.69) is 10.6 Å². The van der Waals surface area contributed by atoms with E-state index >= 15 is 0 Å². The molecule has 0 saturated carbocycles. The van der Waals surface area contributed by atoms with Crippen LogP contribution in [0.25, 0.3) is 0 Å². The zero-order chi connectivity index (χ0) is 13.5. The Morgan fingerprint density at radius 3 is 2.56 bits per heavy atom. The number of hydrogen-bond acceptors (Lipinski definition) is 3. The number of rotatable bonds is 6. The lowest BCUT2D eigenvalue weighted by Gasteiger charge is -2.16. The normalized spacial score (nSPS) is 11.7. The molecule has 5 nitrogen and oxygen atoms in total. The number of anilines is 1. The molecule has 1 unspecified atom stereocenters. The summed E-state index contributed by atoms with van der Waals surface area (Å²) in [5.74, 6) is -1.00. The Balaban J connectivity index is 2.87. The molecule has 3 N–H and O–H groups in total. The van der Waals surface area contributed by atoms with Gasteiger partial charge in [0.1, 0.15) is 6.04 Å². The van der Waals surface area contributed by atoms with Crippen molar-refractivity contribution in [2.45, 2.75) is 25.8 Å². The van der Waals surface area contributed by atoms with E-state index in [-0.39, 0.29) is 12.3 Å². The monoisotopic (exact) mass is 250 g/mol. The SMILES string of the molecule is CCC(Nc1ccccc1CC(=O)NC)C(=O)O. The van der Waals surface area contributed by atoms with E-state index in [0.717, 1.165) is 5.56 Å². The third-order valence-electron chi connectivity index (χ3n) is 2.68. The summed E-state index contributed by atoms with van der Waals surface area (Å²) in [6.07, 6.45) is 0.708. The molecule has 0 fully saturated rings. The van der Waals surface area contributed by atoms with Crippen molar-refractivity contribution in [1.82, 2.24) is 5.32 Å². The van der Waals surface area contributed by atoms with Gasteiger partial charge in [0.2, 0.25) is 5.91 Å². The second-order valence-corrected chi connectivity index (χ2v) is 3.95. The average molecular weight is 250 g/mol. The molecule has 0 heterocycles. The number of hydrogen-bond donors (Lipinski definition) is 3. The smallest absolute Gasteiger partial charge is 0.326 e. The fraction of sp³-hybridized carbons (Fsp3) is 0.385. The Kier molecular flexibility index (Phi) is 5.17. The van der Waals surface area contributed by atoms with E-state index in [9.17, 15) is 9.59 Å². The molecular formula is C13H18N2O3. The third-order valence-corrected chi connectivity index (χ3v) is 2.68. The predicted molar refractivity (Wildman–Crippen MR) is 69.6 cm³/mol. The Morgan fingerprint density at radius 1 is 1.33 bits per heavy atom. The number of aliphatic carboxylic acids is 1. The molecule has 0 saturated heterocycles. The lowest BCUT2D eigenvalue weighted by molar-refractivity contribution is -0.138. The number of carbonyl (C=O) groups excluding carboxylic acids is 1. The van der Waals surface area contributed by atoms with Crippen LogP contribution in [0.1, 0.15) is 18.9 Å². The van der Waals surface area contributed by atoms with Crippen molar-refractivity contribution in [3.8, 4) is 0 Å². The van der Waals surface area contributed by atoms with E-state index in [1.807, 2.05) is 18.2 Å². The van der Waals surface area contributed by atoms with E-state index in [4.69, 9.17) is 5.11 Å². The second-order valence-electron chi connectivity index (χ2n) is 3.95. The van der Waals surface area contributed by atoms with Crippen LogP contribution < -0.4 is 10.6 Å². The van der Waals surface area contributed by atoms with Gasteiger partial charge >= 0.3 is 5.97 Å². The van der Waals surface area contributed by atoms with Gasteiger partial charge in [-0.3, -0.25) is 4.79 Å². The van der Waals surface area contributed by atoms with Crippen molar-refractivity contribution in [2.75, 3.05) is 12.4 Å². The van der Waals surface area contributed by atoms with Gasteiger partial charge in [0, 0.05) is 12.7 Å². The van der Waals surface area contributed by atoms with Crippen molar-refractivity contribution in [2.24, 2.45) is 0 Å². The van der Waals surface area contributed by atoms with Crippen LogP contribution in [0.2, 0.25) is 0 Å². The quantitative estimate of drug-likeness (QED) is 0.710. The summed E-state index contributed by atoms with van der Waals surface area (Å²) in [6.45, 7) is 1.80.